The van der Waals surface area contributed by atoms with Crippen molar-refractivity contribution in [1.29, 1.82) is 0 Å². The molecule has 2 aromatic heterocycles. The van der Waals surface area contributed by atoms with Crippen LogP contribution in [0.4, 0.5) is 5.13 Å². The van der Waals surface area contributed by atoms with E-state index in [0.717, 1.165) is 24.2 Å². The molecule has 1 unspecified atom stereocenters. The molecule has 3 heterocycles. The molecule has 0 saturated carbocycles. The van der Waals surface area contributed by atoms with Crippen molar-refractivity contribution in [2.24, 2.45) is 0 Å². The zero-order valence-electron chi connectivity index (χ0n) is 20.4. The van der Waals surface area contributed by atoms with E-state index in [9.17, 15) is 19.5 Å². The Balaban J connectivity index is 1.83. The number of unbranched alkanes of at least 4 members (excludes halogenated alkanes) is 1. The maximum absolute atomic E-state index is 13.5. The third kappa shape index (κ3) is 4.64. The van der Waals surface area contributed by atoms with Gasteiger partial charge in [-0.05, 0) is 50.1 Å². The quantitative estimate of drug-likeness (QED) is 0.240. The first-order valence-electron chi connectivity index (χ1n) is 11.4. The molecule has 1 atom stereocenters. The number of aliphatic hydroxyl groups excluding tert-OH is 1. The number of methoxy groups -OCH3 is 1. The fraction of sp³-hybridized carbons (Fsp3) is 0.308. The first-order valence-corrected chi connectivity index (χ1v) is 12.2. The number of benzene rings is 1. The standard InChI is InChI=1S/C26H26N2O7S/c1-5-6-12-34-17-9-7-8-16(13-17)20-19(21(29)18-11-10-14(2)35-18)22(30)24(31)28(20)26-27-15(3)23(36-26)25(32)33-4/h7-11,13,20,30H,5-6,12H2,1-4H3. The van der Waals surface area contributed by atoms with Crippen LogP contribution in [-0.4, -0.2) is 41.5 Å². The lowest BCUT2D eigenvalue weighted by Gasteiger charge is -2.24. The first-order chi connectivity index (χ1) is 17.3. The van der Waals surface area contributed by atoms with Crippen LogP contribution in [0.5, 0.6) is 5.75 Å². The Labute approximate surface area is 212 Å². The number of Topliss-reactive ketones (excluding diaryl/α,β-unsaturated/α-hetero) is 1. The molecule has 3 aromatic rings. The van der Waals surface area contributed by atoms with E-state index in [2.05, 4.69) is 11.9 Å². The summed E-state index contributed by atoms with van der Waals surface area (Å²) >= 11 is 0.944. The van der Waals surface area contributed by atoms with Crippen molar-refractivity contribution in [1.82, 2.24) is 4.98 Å². The highest BCUT2D eigenvalue weighted by atomic mass is 32.1. The lowest BCUT2D eigenvalue weighted by Crippen LogP contribution is -2.31. The predicted molar refractivity (Wildman–Crippen MR) is 133 cm³/mol. The van der Waals surface area contributed by atoms with Crippen molar-refractivity contribution in [3.8, 4) is 5.75 Å². The molecule has 10 heteroatoms. The average Bonchev–Trinajstić information content (AvgIpc) is 3.54. The molecule has 0 fully saturated rings. The van der Waals surface area contributed by atoms with Gasteiger partial charge in [0, 0.05) is 0 Å². The van der Waals surface area contributed by atoms with Crippen LogP contribution >= 0.6 is 11.3 Å². The molecule has 1 amide bonds. The fourth-order valence-electron chi connectivity index (χ4n) is 3.92. The van der Waals surface area contributed by atoms with Crippen molar-refractivity contribution in [3.05, 3.63) is 75.4 Å². The van der Waals surface area contributed by atoms with E-state index in [-0.39, 0.29) is 21.3 Å². The SMILES string of the molecule is CCCCOc1cccc(C2C(C(=O)c3ccc(C)o3)=C(O)C(=O)N2c2nc(C)c(C(=O)OC)s2)c1. The number of carbonyl (C=O) groups excluding carboxylic acids is 3. The van der Waals surface area contributed by atoms with E-state index in [0.29, 0.717) is 29.4 Å². The Hall–Kier alpha value is -3.92. The van der Waals surface area contributed by atoms with Gasteiger partial charge < -0.3 is 19.0 Å². The van der Waals surface area contributed by atoms with Gasteiger partial charge in [0.15, 0.2) is 16.7 Å². The van der Waals surface area contributed by atoms with Gasteiger partial charge in [0.1, 0.15) is 16.4 Å². The summed E-state index contributed by atoms with van der Waals surface area (Å²) in [4.78, 5) is 44.9. The van der Waals surface area contributed by atoms with E-state index in [1.165, 1.54) is 18.1 Å². The van der Waals surface area contributed by atoms with Gasteiger partial charge in [-0.1, -0.05) is 36.8 Å². The average molecular weight is 511 g/mol. The molecule has 36 heavy (non-hydrogen) atoms. The van der Waals surface area contributed by atoms with Crippen LogP contribution in [0, 0.1) is 13.8 Å². The van der Waals surface area contributed by atoms with Gasteiger partial charge in [0.2, 0.25) is 5.78 Å². The molecule has 0 spiro atoms. The molecule has 1 aliphatic rings. The number of hydrogen-bond donors (Lipinski definition) is 1. The summed E-state index contributed by atoms with van der Waals surface area (Å²) in [5.74, 6) is -1.66. The Bertz CT molecular complexity index is 1350. The number of thiazole rings is 1. The topological polar surface area (TPSA) is 119 Å². The number of aryl methyl sites for hydroxylation is 2. The number of aliphatic hydroxyl groups is 1. The summed E-state index contributed by atoms with van der Waals surface area (Å²) < 4.78 is 16.2. The number of furan rings is 1. The Kier molecular flexibility index (Phi) is 7.25. The number of rotatable bonds is 9. The van der Waals surface area contributed by atoms with Gasteiger partial charge in [0.05, 0.1) is 31.0 Å². The van der Waals surface area contributed by atoms with Crippen LogP contribution in [0.1, 0.15) is 63.1 Å². The van der Waals surface area contributed by atoms with Crippen LogP contribution in [0.2, 0.25) is 0 Å². The second kappa shape index (κ2) is 10.4. The highest BCUT2D eigenvalue weighted by molar-refractivity contribution is 7.17. The molecule has 1 N–H and O–H groups in total. The minimum atomic E-state index is -1.03. The fourth-order valence-corrected chi connectivity index (χ4v) is 4.93. The minimum Gasteiger partial charge on any atom is -0.503 e. The molecule has 0 bridgehead atoms. The number of hydrogen-bond acceptors (Lipinski definition) is 9. The number of aromatic nitrogens is 1. The summed E-state index contributed by atoms with van der Waals surface area (Å²) in [7, 11) is 1.25. The van der Waals surface area contributed by atoms with Crippen LogP contribution in [0.25, 0.3) is 0 Å². The van der Waals surface area contributed by atoms with E-state index in [1.807, 2.05) is 0 Å². The summed E-state index contributed by atoms with van der Waals surface area (Å²) in [5.41, 5.74) is 0.749. The molecule has 4 rings (SSSR count). The van der Waals surface area contributed by atoms with Gasteiger partial charge in [-0.25, -0.2) is 9.78 Å². The lowest BCUT2D eigenvalue weighted by molar-refractivity contribution is -0.117. The van der Waals surface area contributed by atoms with E-state index in [4.69, 9.17) is 13.9 Å². The highest BCUT2D eigenvalue weighted by Gasteiger charge is 2.47. The highest BCUT2D eigenvalue weighted by Crippen LogP contribution is 2.44. The number of amides is 1. The smallest absolute Gasteiger partial charge is 0.350 e. The molecule has 1 aromatic carbocycles. The number of carbonyl (C=O) groups is 3. The zero-order valence-corrected chi connectivity index (χ0v) is 21.2. The summed E-state index contributed by atoms with van der Waals surface area (Å²) in [6, 6.07) is 9.09. The van der Waals surface area contributed by atoms with E-state index >= 15 is 0 Å². The van der Waals surface area contributed by atoms with Crippen molar-refractivity contribution in [2.75, 3.05) is 18.6 Å². The van der Waals surface area contributed by atoms with Gasteiger partial charge in [-0.2, -0.15) is 0 Å². The molecular weight excluding hydrogens is 484 g/mol. The summed E-state index contributed by atoms with van der Waals surface area (Å²) in [6.45, 7) is 5.88. The lowest BCUT2D eigenvalue weighted by atomic mass is 9.95. The van der Waals surface area contributed by atoms with Gasteiger partial charge in [-0.3, -0.25) is 14.5 Å². The third-order valence-corrected chi connectivity index (χ3v) is 6.86. The molecule has 0 radical (unpaired) electrons. The van der Waals surface area contributed by atoms with Crippen LogP contribution in [-0.2, 0) is 9.53 Å². The number of anilines is 1. The third-order valence-electron chi connectivity index (χ3n) is 5.72. The molecule has 0 aliphatic carbocycles. The van der Waals surface area contributed by atoms with E-state index in [1.54, 1.807) is 44.2 Å². The first kappa shape index (κ1) is 25.2. The summed E-state index contributed by atoms with van der Waals surface area (Å²) in [5, 5.41) is 11.1. The monoisotopic (exact) mass is 510 g/mol. The largest absolute Gasteiger partial charge is 0.503 e. The molecule has 188 valence electrons. The maximum atomic E-state index is 13.5. The van der Waals surface area contributed by atoms with Crippen LogP contribution in [0.15, 0.2) is 52.1 Å². The number of ketones is 1. The second-order valence-corrected chi connectivity index (χ2v) is 9.23. The molecular formula is C26H26N2O7S. The molecule has 1 aliphatic heterocycles. The van der Waals surface area contributed by atoms with Gasteiger partial charge in [-0.15, -0.1) is 0 Å². The number of nitrogens with zero attached hydrogens (tertiary/aromatic N) is 2. The Morgan fingerprint density at radius 1 is 1.22 bits per heavy atom. The summed E-state index contributed by atoms with van der Waals surface area (Å²) in [6.07, 6.45) is 1.84. The van der Waals surface area contributed by atoms with Crippen molar-refractivity contribution in [2.45, 2.75) is 39.7 Å². The van der Waals surface area contributed by atoms with Gasteiger partial charge in [0.25, 0.3) is 5.91 Å². The van der Waals surface area contributed by atoms with E-state index < -0.39 is 29.5 Å². The predicted octanol–water partition coefficient (Wildman–Crippen LogP) is 5.10. The second-order valence-electron chi connectivity index (χ2n) is 8.26. The normalized spacial score (nSPS) is 15.5. The Morgan fingerprint density at radius 2 is 2.00 bits per heavy atom. The van der Waals surface area contributed by atoms with Crippen molar-refractivity contribution >= 4 is 34.1 Å². The number of esters is 1. The molecule has 9 nitrogen and oxygen atoms in total. The van der Waals surface area contributed by atoms with Gasteiger partial charge >= 0.3 is 5.97 Å². The van der Waals surface area contributed by atoms with Crippen LogP contribution in [0.3, 0.4) is 0 Å². The zero-order chi connectivity index (χ0) is 26.0. The van der Waals surface area contributed by atoms with Crippen molar-refractivity contribution in [3.63, 3.8) is 0 Å². The van der Waals surface area contributed by atoms with Crippen molar-refractivity contribution < 1.29 is 33.4 Å². The Morgan fingerprint density at radius 3 is 2.67 bits per heavy atom. The van der Waals surface area contributed by atoms with Crippen LogP contribution < -0.4 is 9.64 Å². The number of ether oxygens (including phenoxy) is 2. The molecule has 0 saturated heterocycles. The maximum Gasteiger partial charge on any atom is 0.350 e. The minimum absolute atomic E-state index is 0.00498.